The van der Waals surface area contributed by atoms with Crippen LogP contribution in [0.2, 0.25) is 0 Å². The lowest BCUT2D eigenvalue weighted by molar-refractivity contribution is -0.177. The Morgan fingerprint density at radius 3 is 1.86 bits per heavy atom. The van der Waals surface area contributed by atoms with Gasteiger partial charge in [0.15, 0.2) is 0 Å². The lowest BCUT2D eigenvalue weighted by atomic mass is 9.84. The van der Waals surface area contributed by atoms with Gasteiger partial charge in [0.2, 0.25) is 0 Å². The standard InChI is InChI=1S/C36H63NO7/c1-10-12-26(37(8)9)20-27-14-15-30(40-27)22(4)34-23(5)31-17-19-32(42-31)24(6)35(38)43-28(13-11-2)21(3)29-16-18-33(41-29)25(7)36(39)44-34/h21-34H,10-20H2,1-9H3/t21-,22-,23-,24-,25+,26-,27+,28+,29+,30-,31+,32-,33-,34+/m1/s1. The molecule has 4 heterocycles. The van der Waals surface area contributed by atoms with E-state index in [2.05, 4.69) is 53.6 Å². The lowest BCUT2D eigenvalue weighted by Crippen LogP contribution is -2.45. The Morgan fingerprint density at radius 2 is 1.30 bits per heavy atom. The van der Waals surface area contributed by atoms with Crippen molar-refractivity contribution in [3.05, 3.63) is 0 Å². The fraction of sp³-hybridized carbons (Fsp3) is 0.944. The van der Waals surface area contributed by atoms with Gasteiger partial charge in [-0.1, -0.05) is 47.5 Å². The molecule has 4 rings (SSSR count). The minimum atomic E-state index is -0.376. The highest BCUT2D eigenvalue weighted by Gasteiger charge is 2.46. The summed E-state index contributed by atoms with van der Waals surface area (Å²) < 4.78 is 32.5. The maximum Gasteiger partial charge on any atom is 0.311 e. The van der Waals surface area contributed by atoms with Crippen LogP contribution in [0.15, 0.2) is 0 Å². The summed E-state index contributed by atoms with van der Waals surface area (Å²) in [6, 6.07) is 0.506. The van der Waals surface area contributed by atoms with Crippen molar-refractivity contribution in [3.63, 3.8) is 0 Å². The van der Waals surface area contributed by atoms with E-state index >= 15 is 0 Å². The molecule has 0 spiro atoms. The fourth-order valence-corrected chi connectivity index (χ4v) is 8.28. The molecular weight excluding hydrogens is 558 g/mol. The average Bonchev–Trinajstić information content (AvgIpc) is 3.78. The van der Waals surface area contributed by atoms with Crippen LogP contribution in [0.3, 0.4) is 0 Å². The summed E-state index contributed by atoms with van der Waals surface area (Å²) in [7, 11) is 4.32. The molecule has 4 fully saturated rings. The molecule has 4 aliphatic heterocycles. The molecule has 0 aromatic rings. The molecule has 14 atom stereocenters. The molecule has 0 aromatic heterocycles. The molecule has 44 heavy (non-hydrogen) atoms. The SMILES string of the molecule is CCC[C@H](C[C@@H]1CC[C@H]([C@@H](C)[C@@H]2OC(=O)[C@@H](C)[C@H]3CC[C@H](O3)[C@H](C)[C@H](CCC)OC(=O)[C@H](C)[C@H]3CC[C@H](O3)[C@H]2C)O1)N(C)C. The predicted octanol–water partition coefficient (Wildman–Crippen LogP) is 6.57. The number of carbonyl (C=O) groups excluding carboxylic acids is 2. The van der Waals surface area contributed by atoms with Gasteiger partial charge in [0.1, 0.15) is 12.2 Å². The molecule has 0 saturated carbocycles. The van der Waals surface area contributed by atoms with Crippen LogP contribution < -0.4 is 0 Å². The number of carbonyl (C=O) groups is 2. The summed E-state index contributed by atoms with van der Waals surface area (Å²) in [5.74, 6) is -1.06. The second-order valence-corrected chi connectivity index (χ2v) is 14.9. The first-order valence-corrected chi connectivity index (χ1v) is 18.0. The van der Waals surface area contributed by atoms with Gasteiger partial charge in [-0.2, -0.15) is 0 Å². The van der Waals surface area contributed by atoms with Gasteiger partial charge in [-0.05, 0) is 85.7 Å². The van der Waals surface area contributed by atoms with E-state index in [4.69, 9.17) is 23.7 Å². The Bertz CT molecular complexity index is 928. The fourth-order valence-electron chi connectivity index (χ4n) is 8.28. The van der Waals surface area contributed by atoms with Crippen LogP contribution in [-0.4, -0.2) is 85.8 Å². The van der Waals surface area contributed by atoms with E-state index in [1.807, 2.05) is 13.8 Å². The van der Waals surface area contributed by atoms with Crippen molar-refractivity contribution in [2.24, 2.45) is 29.6 Å². The number of hydrogen-bond donors (Lipinski definition) is 0. The van der Waals surface area contributed by atoms with Gasteiger partial charge < -0.3 is 28.6 Å². The van der Waals surface area contributed by atoms with E-state index in [9.17, 15) is 9.59 Å². The molecule has 0 N–H and O–H groups in total. The highest BCUT2D eigenvalue weighted by Crippen LogP contribution is 2.40. The van der Waals surface area contributed by atoms with E-state index < -0.39 is 0 Å². The first kappa shape index (κ1) is 35.6. The van der Waals surface area contributed by atoms with E-state index in [1.165, 1.54) is 0 Å². The second kappa shape index (κ2) is 16.1. The molecule has 4 saturated heterocycles. The van der Waals surface area contributed by atoms with Crippen molar-refractivity contribution in [2.45, 2.75) is 174 Å². The Labute approximate surface area is 267 Å². The predicted molar refractivity (Wildman–Crippen MR) is 171 cm³/mol. The van der Waals surface area contributed by atoms with Crippen LogP contribution in [0.1, 0.15) is 119 Å². The lowest BCUT2D eigenvalue weighted by Gasteiger charge is -2.37. The zero-order valence-corrected chi connectivity index (χ0v) is 29.2. The molecule has 8 heteroatoms. The molecule has 4 aliphatic rings. The van der Waals surface area contributed by atoms with Crippen molar-refractivity contribution < 1.29 is 33.3 Å². The van der Waals surface area contributed by atoms with Crippen molar-refractivity contribution in [2.75, 3.05) is 14.1 Å². The maximum absolute atomic E-state index is 13.8. The van der Waals surface area contributed by atoms with Gasteiger partial charge in [-0.3, -0.25) is 9.59 Å². The number of cyclic esters (lactones) is 2. The molecular formula is C36H63NO7. The second-order valence-electron chi connectivity index (χ2n) is 14.9. The summed E-state index contributed by atoms with van der Waals surface area (Å²) in [5.41, 5.74) is 0. The van der Waals surface area contributed by atoms with Gasteiger partial charge in [0.25, 0.3) is 0 Å². The van der Waals surface area contributed by atoms with Crippen molar-refractivity contribution >= 4 is 11.9 Å². The van der Waals surface area contributed by atoms with Gasteiger partial charge in [-0.15, -0.1) is 0 Å². The summed E-state index contributed by atoms with van der Waals surface area (Å²) in [5, 5.41) is 0. The molecule has 4 bridgehead atoms. The minimum absolute atomic E-state index is 0.0196. The molecule has 0 amide bonds. The van der Waals surface area contributed by atoms with Gasteiger partial charge >= 0.3 is 11.9 Å². The smallest absolute Gasteiger partial charge is 0.311 e. The average molecular weight is 622 g/mol. The number of esters is 2. The van der Waals surface area contributed by atoms with Crippen LogP contribution in [-0.2, 0) is 33.3 Å². The Balaban J connectivity index is 1.53. The third kappa shape index (κ3) is 8.38. The van der Waals surface area contributed by atoms with Crippen molar-refractivity contribution in [1.29, 1.82) is 0 Å². The molecule has 0 radical (unpaired) electrons. The normalized spacial score (nSPS) is 41.9. The van der Waals surface area contributed by atoms with Gasteiger partial charge in [-0.25, -0.2) is 0 Å². The van der Waals surface area contributed by atoms with Crippen LogP contribution in [0.5, 0.6) is 0 Å². The van der Waals surface area contributed by atoms with Crippen LogP contribution in [0.4, 0.5) is 0 Å². The summed E-state index contributed by atoms with van der Waals surface area (Å²) in [4.78, 5) is 29.5. The number of fused-ring (bicyclic) bond motifs is 4. The summed E-state index contributed by atoms with van der Waals surface area (Å²) in [6.45, 7) is 14.7. The van der Waals surface area contributed by atoms with E-state index in [0.29, 0.717) is 6.04 Å². The molecule has 0 unspecified atom stereocenters. The Kier molecular flexibility index (Phi) is 13.0. The van der Waals surface area contributed by atoms with Crippen LogP contribution in [0.25, 0.3) is 0 Å². The quantitative estimate of drug-likeness (QED) is 0.268. The highest BCUT2D eigenvalue weighted by molar-refractivity contribution is 5.73. The molecule has 8 nitrogen and oxygen atoms in total. The molecule has 0 aromatic carbocycles. The maximum atomic E-state index is 13.8. The third-order valence-electron chi connectivity index (χ3n) is 11.5. The Morgan fingerprint density at radius 1 is 0.727 bits per heavy atom. The summed E-state index contributed by atoms with van der Waals surface area (Å²) in [6.07, 6.45) is 9.49. The first-order valence-electron chi connectivity index (χ1n) is 18.0. The van der Waals surface area contributed by atoms with E-state index in [-0.39, 0.29) is 90.4 Å². The largest absolute Gasteiger partial charge is 0.462 e. The topological polar surface area (TPSA) is 83.5 Å². The first-order chi connectivity index (χ1) is 20.9. The Hall–Kier alpha value is -1.22. The highest BCUT2D eigenvalue weighted by atomic mass is 16.6. The number of hydrogen-bond acceptors (Lipinski definition) is 8. The number of ether oxygens (including phenoxy) is 5. The minimum Gasteiger partial charge on any atom is -0.462 e. The van der Waals surface area contributed by atoms with E-state index in [1.54, 1.807) is 0 Å². The zero-order valence-electron chi connectivity index (χ0n) is 29.2. The van der Waals surface area contributed by atoms with Gasteiger partial charge in [0.05, 0.1) is 48.5 Å². The number of rotatable bonds is 9. The molecule has 0 aliphatic carbocycles. The third-order valence-corrected chi connectivity index (χ3v) is 11.5. The van der Waals surface area contributed by atoms with E-state index in [0.717, 1.165) is 70.6 Å². The molecule has 254 valence electrons. The van der Waals surface area contributed by atoms with Gasteiger partial charge in [0, 0.05) is 23.8 Å². The number of nitrogens with zero attached hydrogens (tertiary/aromatic N) is 1. The summed E-state index contributed by atoms with van der Waals surface area (Å²) >= 11 is 0. The monoisotopic (exact) mass is 621 g/mol. The van der Waals surface area contributed by atoms with Crippen LogP contribution >= 0.6 is 0 Å². The van der Waals surface area contributed by atoms with Crippen molar-refractivity contribution in [1.82, 2.24) is 4.90 Å². The van der Waals surface area contributed by atoms with Crippen molar-refractivity contribution in [3.8, 4) is 0 Å². The van der Waals surface area contributed by atoms with Crippen LogP contribution in [0, 0.1) is 29.6 Å². The zero-order chi connectivity index (χ0) is 32.1.